The van der Waals surface area contributed by atoms with Crippen LogP contribution < -0.4 is 5.01 Å². The predicted octanol–water partition coefficient (Wildman–Crippen LogP) is 0.863. The van der Waals surface area contributed by atoms with Crippen LogP contribution >= 0.6 is 0 Å². The predicted molar refractivity (Wildman–Crippen MR) is 81.5 cm³/mol. The van der Waals surface area contributed by atoms with Crippen LogP contribution in [0, 0.1) is 16.0 Å². The number of nitrogens with zero attached hydrogens (tertiary/aromatic N) is 4. The van der Waals surface area contributed by atoms with Crippen LogP contribution in [0.3, 0.4) is 0 Å². The Labute approximate surface area is 135 Å². The van der Waals surface area contributed by atoms with Crippen molar-refractivity contribution < 1.29 is 24.1 Å². The minimum atomic E-state index is -0.767. The summed E-state index contributed by atoms with van der Waals surface area (Å²) in [4.78, 5) is 38.7. The molecule has 0 bridgehead atoms. The van der Waals surface area contributed by atoms with E-state index < -0.39 is 22.8 Å². The van der Waals surface area contributed by atoms with Crippen molar-refractivity contribution in [2.24, 2.45) is 16.2 Å². The summed E-state index contributed by atoms with van der Waals surface area (Å²) in [7, 11) is 0. The monoisotopic (exact) mass is 332 g/mol. The molecule has 10 heteroatoms. The number of carbonyl (C=O) groups is 2. The van der Waals surface area contributed by atoms with Gasteiger partial charge >= 0.3 is 11.9 Å². The van der Waals surface area contributed by atoms with Gasteiger partial charge in [-0.3, -0.25) is 15.1 Å². The van der Waals surface area contributed by atoms with Crippen molar-refractivity contribution >= 4 is 34.7 Å². The fourth-order valence-electron chi connectivity index (χ4n) is 2.34. The van der Waals surface area contributed by atoms with E-state index in [-0.39, 0.29) is 30.3 Å². The molecular weight excluding hydrogens is 320 g/mol. The Bertz CT molecular complexity index is 770. The first-order valence-electron chi connectivity index (χ1n) is 7.08. The number of nitro groups is 1. The Hall–Kier alpha value is -3.30. The lowest BCUT2D eigenvalue weighted by atomic mass is 9.98. The minimum absolute atomic E-state index is 0.0760. The number of hydrogen-bond donors (Lipinski definition) is 0. The van der Waals surface area contributed by atoms with E-state index in [0.717, 1.165) is 0 Å². The first-order chi connectivity index (χ1) is 11.5. The van der Waals surface area contributed by atoms with Gasteiger partial charge in [0.2, 0.25) is 0 Å². The fraction of sp³-hybridized carbons (Fsp3) is 0.286. The van der Waals surface area contributed by atoms with Gasteiger partial charge in [-0.1, -0.05) is 5.16 Å². The number of non-ortho nitro benzene ring substituents is 1. The van der Waals surface area contributed by atoms with Gasteiger partial charge in [0.25, 0.3) is 5.69 Å². The summed E-state index contributed by atoms with van der Waals surface area (Å²) in [6.45, 7) is 1.89. The van der Waals surface area contributed by atoms with Gasteiger partial charge < -0.3 is 9.57 Å². The molecule has 2 heterocycles. The van der Waals surface area contributed by atoms with Gasteiger partial charge in [0.15, 0.2) is 5.71 Å². The van der Waals surface area contributed by atoms with Crippen LogP contribution in [0.1, 0.15) is 6.92 Å². The maximum atomic E-state index is 12.1. The van der Waals surface area contributed by atoms with Crippen molar-refractivity contribution in [2.45, 2.75) is 6.92 Å². The van der Waals surface area contributed by atoms with Gasteiger partial charge in [0.1, 0.15) is 11.6 Å². The van der Waals surface area contributed by atoms with E-state index in [1.807, 2.05) is 0 Å². The maximum absolute atomic E-state index is 12.1. The molecular formula is C14H12N4O6. The summed E-state index contributed by atoms with van der Waals surface area (Å²) in [6.07, 6.45) is 0. The number of benzene rings is 1. The molecule has 0 saturated heterocycles. The maximum Gasteiger partial charge on any atom is 0.360 e. The quantitative estimate of drug-likeness (QED) is 0.346. The molecule has 2 aliphatic heterocycles. The zero-order chi connectivity index (χ0) is 17.3. The summed E-state index contributed by atoms with van der Waals surface area (Å²) in [5, 5.41) is 19.9. The summed E-state index contributed by atoms with van der Waals surface area (Å²) in [5.41, 5.74) is 0.433. The van der Waals surface area contributed by atoms with Crippen LogP contribution in [0.25, 0.3) is 0 Å². The van der Waals surface area contributed by atoms with Crippen LogP contribution in [-0.4, -0.2) is 41.4 Å². The molecule has 0 amide bonds. The molecule has 1 unspecified atom stereocenters. The lowest BCUT2D eigenvalue weighted by Crippen LogP contribution is -2.44. The molecule has 0 aromatic heterocycles. The topological polar surface area (TPSA) is 124 Å². The number of ether oxygens (including phenoxy) is 1. The number of nitro benzene ring substituents is 1. The molecule has 0 spiro atoms. The third-order valence-corrected chi connectivity index (χ3v) is 3.49. The van der Waals surface area contributed by atoms with Crippen molar-refractivity contribution in [3.63, 3.8) is 0 Å². The molecule has 1 aromatic carbocycles. The van der Waals surface area contributed by atoms with E-state index in [4.69, 9.17) is 4.74 Å². The lowest BCUT2D eigenvalue weighted by molar-refractivity contribution is -0.384. The summed E-state index contributed by atoms with van der Waals surface area (Å²) in [5.74, 6) is -2.07. The third kappa shape index (κ3) is 2.69. The Morgan fingerprint density at radius 3 is 2.79 bits per heavy atom. The molecule has 0 fully saturated rings. The molecule has 0 aliphatic carbocycles. The summed E-state index contributed by atoms with van der Waals surface area (Å²) >= 11 is 0. The largest absolute Gasteiger partial charge is 0.461 e. The van der Waals surface area contributed by atoms with E-state index in [1.165, 1.54) is 29.3 Å². The standard InChI is InChI=1S/C14H12N4O6/c1-2-23-14(20)12-11-10(13(19)24-16-11)7-17(15-12)8-3-5-9(6-4-8)18(21)22/h3-6,10H,2,7H2,1H3. The van der Waals surface area contributed by atoms with Crippen LogP contribution in [0.5, 0.6) is 0 Å². The number of fused-ring (bicyclic) bond motifs is 1. The van der Waals surface area contributed by atoms with Gasteiger partial charge in [0, 0.05) is 12.1 Å². The fourth-order valence-corrected chi connectivity index (χ4v) is 2.34. The molecule has 24 heavy (non-hydrogen) atoms. The van der Waals surface area contributed by atoms with Crippen LogP contribution in [0.4, 0.5) is 11.4 Å². The molecule has 1 atom stereocenters. The number of hydrazone groups is 1. The van der Waals surface area contributed by atoms with Gasteiger partial charge in [-0.25, -0.2) is 9.59 Å². The zero-order valence-corrected chi connectivity index (χ0v) is 12.5. The smallest absolute Gasteiger partial charge is 0.360 e. The Balaban J connectivity index is 1.95. The average Bonchev–Trinajstić information content (AvgIpc) is 2.95. The number of carbonyl (C=O) groups excluding carboxylic acids is 2. The lowest BCUT2D eigenvalue weighted by Gasteiger charge is -2.26. The van der Waals surface area contributed by atoms with Crippen molar-refractivity contribution in [3.05, 3.63) is 34.4 Å². The highest BCUT2D eigenvalue weighted by Gasteiger charge is 2.43. The van der Waals surface area contributed by atoms with E-state index >= 15 is 0 Å². The zero-order valence-electron chi connectivity index (χ0n) is 12.5. The molecule has 10 nitrogen and oxygen atoms in total. The Morgan fingerprint density at radius 2 is 2.17 bits per heavy atom. The van der Waals surface area contributed by atoms with Crippen LogP contribution in [0.15, 0.2) is 34.5 Å². The number of oxime groups is 1. The van der Waals surface area contributed by atoms with Gasteiger partial charge in [0.05, 0.1) is 23.8 Å². The van der Waals surface area contributed by atoms with Crippen molar-refractivity contribution in [1.82, 2.24) is 0 Å². The molecule has 124 valence electrons. The average molecular weight is 332 g/mol. The van der Waals surface area contributed by atoms with Crippen molar-refractivity contribution in [2.75, 3.05) is 18.2 Å². The van der Waals surface area contributed by atoms with E-state index in [9.17, 15) is 19.7 Å². The highest BCUT2D eigenvalue weighted by molar-refractivity contribution is 6.68. The second-order valence-corrected chi connectivity index (χ2v) is 4.96. The number of rotatable bonds is 4. The first-order valence-corrected chi connectivity index (χ1v) is 7.08. The molecule has 3 rings (SSSR count). The molecule has 0 N–H and O–H groups in total. The number of anilines is 1. The van der Waals surface area contributed by atoms with Gasteiger partial charge in [-0.05, 0) is 19.1 Å². The molecule has 0 radical (unpaired) electrons. The Kier molecular flexibility index (Phi) is 3.94. The first kappa shape index (κ1) is 15.6. The molecule has 0 saturated carbocycles. The van der Waals surface area contributed by atoms with Gasteiger partial charge in [-0.2, -0.15) is 5.10 Å². The normalized spacial score (nSPS) is 19.1. The number of hydrogen-bond acceptors (Lipinski definition) is 9. The van der Waals surface area contributed by atoms with E-state index in [2.05, 4.69) is 15.1 Å². The van der Waals surface area contributed by atoms with Crippen molar-refractivity contribution in [3.8, 4) is 0 Å². The highest BCUT2D eigenvalue weighted by atomic mass is 16.7. The molecule has 1 aromatic rings. The second-order valence-electron chi connectivity index (χ2n) is 4.96. The molecule has 2 aliphatic rings. The highest BCUT2D eigenvalue weighted by Crippen LogP contribution is 2.26. The SMILES string of the molecule is CCOC(=O)C1=NN(c2ccc([N+](=O)[O-])cc2)CC2C(=O)ON=C12. The van der Waals surface area contributed by atoms with E-state index in [1.54, 1.807) is 6.92 Å². The number of esters is 1. The minimum Gasteiger partial charge on any atom is -0.461 e. The third-order valence-electron chi connectivity index (χ3n) is 3.49. The van der Waals surface area contributed by atoms with Crippen LogP contribution in [0.2, 0.25) is 0 Å². The van der Waals surface area contributed by atoms with Crippen LogP contribution in [-0.2, 0) is 19.2 Å². The van der Waals surface area contributed by atoms with Crippen molar-refractivity contribution in [1.29, 1.82) is 0 Å². The summed E-state index contributed by atoms with van der Waals surface area (Å²) < 4.78 is 4.93. The van der Waals surface area contributed by atoms with E-state index in [0.29, 0.717) is 5.69 Å². The summed E-state index contributed by atoms with van der Waals surface area (Å²) in [6, 6.07) is 5.58. The Morgan fingerprint density at radius 1 is 1.46 bits per heavy atom. The second kappa shape index (κ2) is 6.07. The van der Waals surface area contributed by atoms with Gasteiger partial charge in [-0.15, -0.1) is 0 Å².